The molecule has 0 saturated heterocycles. The zero-order chi connectivity index (χ0) is 18.5. The number of nitrogens with one attached hydrogen (secondary N) is 4. The van der Waals surface area contributed by atoms with Crippen molar-refractivity contribution in [3.8, 4) is 0 Å². The fraction of sp³-hybridized carbons (Fsp3) is 0.588. The average Bonchev–Trinajstić information content (AvgIpc) is 3.12. The van der Waals surface area contributed by atoms with Gasteiger partial charge in [0.25, 0.3) is 5.91 Å². The molecule has 8 nitrogen and oxygen atoms in total. The van der Waals surface area contributed by atoms with Crippen molar-refractivity contribution in [2.75, 3.05) is 13.1 Å². The lowest BCUT2D eigenvalue weighted by Gasteiger charge is -2.17. The zero-order valence-corrected chi connectivity index (χ0v) is 14.9. The van der Waals surface area contributed by atoms with Crippen molar-refractivity contribution in [1.82, 2.24) is 21.4 Å². The Morgan fingerprint density at radius 1 is 1.44 bits per heavy atom. The first-order valence-corrected chi connectivity index (χ1v) is 8.61. The fourth-order valence-electron chi connectivity index (χ4n) is 2.58. The van der Waals surface area contributed by atoms with E-state index >= 15 is 0 Å². The van der Waals surface area contributed by atoms with Crippen LogP contribution in [0.1, 0.15) is 39.5 Å². The number of rotatable bonds is 6. The van der Waals surface area contributed by atoms with Crippen LogP contribution in [0.25, 0.3) is 0 Å². The zero-order valence-electron chi connectivity index (χ0n) is 14.9. The van der Waals surface area contributed by atoms with E-state index in [4.69, 9.17) is 5.21 Å². The first-order valence-electron chi connectivity index (χ1n) is 8.61. The van der Waals surface area contributed by atoms with Gasteiger partial charge in [0, 0.05) is 24.9 Å². The van der Waals surface area contributed by atoms with E-state index in [0.29, 0.717) is 6.54 Å². The lowest BCUT2D eigenvalue weighted by atomic mass is 10.1. The summed E-state index contributed by atoms with van der Waals surface area (Å²) in [5, 5.41) is 17.1. The number of hydrogen-bond donors (Lipinski definition) is 5. The van der Waals surface area contributed by atoms with Crippen LogP contribution in [0.5, 0.6) is 0 Å². The number of hydroxylamine groups is 1. The van der Waals surface area contributed by atoms with Gasteiger partial charge in [-0.3, -0.25) is 19.8 Å². The third-order valence-corrected chi connectivity index (χ3v) is 3.76. The van der Waals surface area contributed by atoms with E-state index in [0.717, 1.165) is 30.4 Å². The highest BCUT2D eigenvalue weighted by molar-refractivity contribution is 5.88. The molecular weight excluding hydrogens is 322 g/mol. The molecule has 2 aliphatic rings. The Bertz CT molecular complexity index is 508. The third kappa shape index (κ3) is 9.51. The van der Waals surface area contributed by atoms with Gasteiger partial charge < -0.3 is 16.0 Å². The minimum absolute atomic E-state index is 0.245. The summed E-state index contributed by atoms with van der Waals surface area (Å²) in [6, 6.07) is 0.245. The van der Waals surface area contributed by atoms with E-state index in [1.807, 2.05) is 13.8 Å². The molecule has 140 valence electrons. The number of aliphatic imine (C=N–C) groups is 1. The highest BCUT2D eigenvalue weighted by Crippen LogP contribution is 2.23. The summed E-state index contributed by atoms with van der Waals surface area (Å²) in [7, 11) is 0. The number of amides is 2. The van der Waals surface area contributed by atoms with Crippen LogP contribution in [0.2, 0.25) is 0 Å². The topological polar surface area (TPSA) is 115 Å². The van der Waals surface area contributed by atoms with Gasteiger partial charge >= 0.3 is 0 Å². The monoisotopic (exact) mass is 351 g/mol. The van der Waals surface area contributed by atoms with E-state index in [1.165, 1.54) is 37.2 Å². The molecule has 2 rings (SSSR count). The Labute approximate surface area is 148 Å². The molecular formula is C17H29N5O3. The largest absolute Gasteiger partial charge is 0.377 e. The van der Waals surface area contributed by atoms with Crippen LogP contribution in [-0.4, -0.2) is 42.5 Å². The fourth-order valence-corrected chi connectivity index (χ4v) is 2.58. The summed E-state index contributed by atoms with van der Waals surface area (Å²) in [6.45, 7) is 5.48. The highest BCUT2D eigenvalue weighted by Gasteiger charge is 2.13. The lowest BCUT2D eigenvalue weighted by molar-refractivity contribution is -0.124. The number of hydrogen-bond acceptors (Lipinski definition) is 5. The van der Waals surface area contributed by atoms with Crippen molar-refractivity contribution in [2.45, 2.75) is 45.6 Å². The van der Waals surface area contributed by atoms with Crippen molar-refractivity contribution in [3.05, 3.63) is 24.0 Å². The van der Waals surface area contributed by atoms with E-state index < -0.39 is 5.91 Å². The van der Waals surface area contributed by atoms with Crippen molar-refractivity contribution in [2.24, 2.45) is 10.9 Å². The van der Waals surface area contributed by atoms with Gasteiger partial charge in [-0.25, -0.2) is 5.48 Å². The molecule has 0 bridgehead atoms. The van der Waals surface area contributed by atoms with E-state index in [-0.39, 0.29) is 6.04 Å². The number of amidine groups is 1. The first-order chi connectivity index (χ1) is 12.0. The summed E-state index contributed by atoms with van der Waals surface area (Å²) in [6.07, 6.45) is 10.6. The molecule has 2 amide bonds. The van der Waals surface area contributed by atoms with E-state index in [2.05, 4.69) is 20.9 Å². The lowest BCUT2D eigenvalue weighted by Crippen LogP contribution is -2.37. The van der Waals surface area contributed by atoms with Crippen LogP contribution in [-0.2, 0) is 9.59 Å². The van der Waals surface area contributed by atoms with Gasteiger partial charge in [0.05, 0.1) is 12.2 Å². The van der Waals surface area contributed by atoms with Crippen molar-refractivity contribution < 1.29 is 14.8 Å². The molecule has 0 atom stereocenters. The first kappa shape index (κ1) is 20.7. The number of carbonyl (C=O) groups is 2. The third-order valence-electron chi connectivity index (χ3n) is 3.76. The second kappa shape index (κ2) is 12.1. The van der Waals surface area contributed by atoms with Gasteiger partial charge in [0.1, 0.15) is 5.84 Å². The molecule has 0 radical (unpaired) electrons. The quantitative estimate of drug-likeness (QED) is 0.210. The van der Waals surface area contributed by atoms with Crippen molar-refractivity contribution in [1.29, 1.82) is 0 Å². The summed E-state index contributed by atoms with van der Waals surface area (Å²) >= 11 is 0. The summed E-state index contributed by atoms with van der Waals surface area (Å²) in [5.41, 5.74) is 2.27. The smallest absolute Gasteiger partial charge is 0.267 e. The average molecular weight is 351 g/mol. The van der Waals surface area contributed by atoms with Crippen LogP contribution in [0.15, 0.2) is 29.0 Å². The molecule has 1 aliphatic heterocycles. The Hall–Kier alpha value is -2.35. The molecule has 0 spiro atoms. The molecule has 0 aromatic rings. The van der Waals surface area contributed by atoms with Gasteiger partial charge in [0.15, 0.2) is 0 Å². The summed E-state index contributed by atoms with van der Waals surface area (Å²) < 4.78 is 0. The van der Waals surface area contributed by atoms with Crippen LogP contribution < -0.4 is 21.4 Å². The molecule has 1 saturated carbocycles. The maximum Gasteiger partial charge on any atom is 0.267 e. The normalized spacial score (nSPS) is 18.9. The van der Waals surface area contributed by atoms with Gasteiger partial charge in [-0.1, -0.05) is 12.8 Å². The second-order valence-electron chi connectivity index (χ2n) is 6.25. The molecule has 0 aromatic heterocycles. The predicted octanol–water partition coefficient (Wildman–Crippen LogP) is 0.812. The molecule has 1 heterocycles. The van der Waals surface area contributed by atoms with E-state index in [9.17, 15) is 9.59 Å². The van der Waals surface area contributed by atoms with Gasteiger partial charge in [-0.15, -0.1) is 0 Å². The maximum atomic E-state index is 10.7. The van der Waals surface area contributed by atoms with Crippen molar-refractivity contribution in [3.63, 3.8) is 0 Å². The molecule has 8 heteroatoms. The second-order valence-corrected chi connectivity index (χ2v) is 6.25. The molecule has 5 N–H and O–H groups in total. The summed E-state index contributed by atoms with van der Waals surface area (Å²) in [4.78, 5) is 24.9. The Morgan fingerprint density at radius 3 is 2.68 bits per heavy atom. The van der Waals surface area contributed by atoms with Gasteiger partial charge in [0.2, 0.25) is 6.41 Å². The highest BCUT2D eigenvalue weighted by atomic mass is 16.5. The van der Waals surface area contributed by atoms with Gasteiger partial charge in [-0.05, 0) is 38.7 Å². The Balaban J connectivity index is 0.000000293. The SMILES string of the molecule is CC(C)N=C1CNC(/C=C/C(=O)NO)=CN1.O=CNCC1CCCC1. The van der Waals surface area contributed by atoms with Crippen LogP contribution in [0, 0.1) is 5.92 Å². The van der Waals surface area contributed by atoms with Crippen LogP contribution in [0.4, 0.5) is 0 Å². The summed E-state index contributed by atoms with van der Waals surface area (Å²) in [5.74, 6) is 1.07. The van der Waals surface area contributed by atoms with Gasteiger partial charge in [-0.2, -0.15) is 0 Å². The minimum Gasteiger partial charge on any atom is -0.377 e. The van der Waals surface area contributed by atoms with Crippen molar-refractivity contribution >= 4 is 18.2 Å². The predicted molar refractivity (Wildman–Crippen MR) is 96.9 cm³/mol. The Morgan fingerprint density at radius 2 is 2.16 bits per heavy atom. The minimum atomic E-state index is -0.565. The molecule has 25 heavy (non-hydrogen) atoms. The van der Waals surface area contributed by atoms with Crippen LogP contribution in [0.3, 0.4) is 0 Å². The molecule has 1 fully saturated rings. The molecule has 0 unspecified atom stereocenters. The number of carbonyl (C=O) groups excluding carboxylic acids is 2. The van der Waals surface area contributed by atoms with Crippen LogP contribution >= 0.6 is 0 Å². The number of allylic oxidation sites excluding steroid dienone is 1. The Kier molecular flexibility index (Phi) is 10.00. The molecule has 0 aromatic carbocycles. The molecule has 1 aliphatic carbocycles. The standard InChI is InChI=1S/C10H16N4O2.C7H13NO/c1-7(2)13-9-6-11-8(5-12-9)3-4-10(15)14-16;9-6-8-5-7-3-1-2-4-7/h3-5,7,11,16H,6H2,1-2H3,(H,12,13)(H,14,15);6-7H,1-5H2,(H,8,9)/b4-3+;. The number of nitrogens with zero attached hydrogens (tertiary/aromatic N) is 1. The van der Waals surface area contributed by atoms with E-state index in [1.54, 1.807) is 12.3 Å². The maximum absolute atomic E-state index is 10.7.